The van der Waals surface area contributed by atoms with E-state index in [1.807, 2.05) is 0 Å². The van der Waals surface area contributed by atoms with Crippen molar-refractivity contribution in [3.05, 3.63) is 24.0 Å². The number of hydrogen-bond acceptors (Lipinski definition) is 2. The Morgan fingerprint density at radius 2 is 1.81 bits per heavy atom. The van der Waals surface area contributed by atoms with Crippen molar-refractivity contribution < 1.29 is 78.2 Å². The SMILES string of the molecule is COC1CCCC(Oc2ccc([B-](F)(F)F)c(F)c2)C1.[K+]. The van der Waals surface area contributed by atoms with Crippen molar-refractivity contribution in [2.75, 3.05) is 7.11 Å². The molecule has 0 aromatic heterocycles. The molecule has 21 heavy (non-hydrogen) atoms. The van der Waals surface area contributed by atoms with Crippen LogP contribution in [0.2, 0.25) is 0 Å². The van der Waals surface area contributed by atoms with E-state index in [0.29, 0.717) is 6.42 Å². The molecule has 1 aromatic rings. The molecule has 0 radical (unpaired) electrons. The first-order chi connectivity index (χ1) is 9.40. The van der Waals surface area contributed by atoms with E-state index in [1.54, 1.807) is 7.11 Å². The molecule has 0 amide bonds. The molecular formula is C13H16BF4KO2. The van der Waals surface area contributed by atoms with Gasteiger partial charge in [-0.1, -0.05) is 11.5 Å². The van der Waals surface area contributed by atoms with Gasteiger partial charge in [-0.05, 0) is 25.3 Å². The number of hydrogen-bond donors (Lipinski definition) is 0. The van der Waals surface area contributed by atoms with Gasteiger partial charge in [0.2, 0.25) is 0 Å². The summed E-state index contributed by atoms with van der Waals surface area (Å²) in [5.41, 5.74) is -1.21. The molecule has 1 aliphatic carbocycles. The Hall–Kier alpha value is 0.401. The topological polar surface area (TPSA) is 18.5 Å². The van der Waals surface area contributed by atoms with Crippen LogP contribution in [0, 0.1) is 5.82 Å². The summed E-state index contributed by atoms with van der Waals surface area (Å²) in [4.78, 5) is 0. The van der Waals surface area contributed by atoms with Gasteiger partial charge in [0.05, 0.1) is 11.9 Å². The third-order valence-corrected chi connectivity index (χ3v) is 3.54. The monoisotopic (exact) mass is 330 g/mol. The van der Waals surface area contributed by atoms with Crippen LogP contribution >= 0.6 is 0 Å². The van der Waals surface area contributed by atoms with E-state index in [2.05, 4.69) is 0 Å². The molecule has 1 aromatic carbocycles. The minimum atomic E-state index is -5.33. The summed E-state index contributed by atoms with van der Waals surface area (Å²) in [7, 11) is 1.62. The molecule has 8 heteroatoms. The molecule has 2 rings (SSSR count). The summed E-state index contributed by atoms with van der Waals surface area (Å²) in [6.45, 7) is -5.33. The summed E-state index contributed by atoms with van der Waals surface area (Å²) in [5, 5.41) is 0. The first-order valence-corrected chi connectivity index (χ1v) is 6.59. The Balaban J connectivity index is 0.00000220. The van der Waals surface area contributed by atoms with Gasteiger partial charge in [0.15, 0.2) is 0 Å². The summed E-state index contributed by atoms with van der Waals surface area (Å²) in [6.07, 6.45) is 3.29. The van der Waals surface area contributed by atoms with Crippen molar-refractivity contribution in [3.63, 3.8) is 0 Å². The molecule has 1 fully saturated rings. The zero-order valence-corrected chi connectivity index (χ0v) is 15.2. The maximum Gasteiger partial charge on any atom is 1.00 e. The largest absolute Gasteiger partial charge is 1.00 e. The summed E-state index contributed by atoms with van der Waals surface area (Å²) >= 11 is 0. The average Bonchev–Trinajstić information content (AvgIpc) is 2.37. The maximum atomic E-state index is 13.4. The van der Waals surface area contributed by atoms with Crippen LogP contribution in [0.1, 0.15) is 25.7 Å². The predicted octanol–water partition coefficient (Wildman–Crippen LogP) is 0.220. The van der Waals surface area contributed by atoms with Crippen molar-refractivity contribution >= 4 is 12.4 Å². The summed E-state index contributed by atoms with van der Waals surface area (Å²) in [6, 6.07) is 2.71. The molecule has 0 heterocycles. The number of methoxy groups -OCH3 is 1. The van der Waals surface area contributed by atoms with E-state index in [0.717, 1.165) is 31.4 Å². The quantitative estimate of drug-likeness (QED) is 0.581. The van der Waals surface area contributed by atoms with Gasteiger partial charge in [0.1, 0.15) is 11.9 Å². The number of rotatable bonds is 4. The van der Waals surface area contributed by atoms with Crippen LogP contribution in [0.25, 0.3) is 0 Å². The fourth-order valence-corrected chi connectivity index (χ4v) is 2.46. The number of halogens is 4. The van der Waals surface area contributed by atoms with Gasteiger partial charge in [0.25, 0.3) is 0 Å². The molecule has 0 spiro atoms. The van der Waals surface area contributed by atoms with Gasteiger partial charge < -0.3 is 22.4 Å². The van der Waals surface area contributed by atoms with Gasteiger partial charge >= 0.3 is 58.4 Å². The fourth-order valence-electron chi connectivity index (χ4n) is 2.46. The molecule has 0 bridgehead atoms. The number of ether oxygens (including phenoxy) is 2. The molecule has 0 N–H and O–H groups in total. The Morgan fingerprint density at radius 3 is 2.38 bits per heavy atom. The van der Waals surface area contributed by atoms with E-state index in [9.17, 15) is 17.3 Å². The van der Waals surface area contributed by atoms with Crippen molar-refractivity contribution in [1.82, 2.24) is 0 Å². The van der Waals surface area contributed by atoms with Crippen LogP contribution < -0.4 is 61.6 Å². The van der Waals surface area contributed by atoms with Gasteiger partial charge in [0, 0.05) is 19.6 Å². The second-order valence-electron chi connectivity index (χ2n) is 5.02. The molecule has 2 atom stereocenters. The van der Waals surface area contributed by atoms with E-state index in [4.69, 9.17) is 9.47 Å². The minimum Gasteiger partial charge on any atom is -0.490 e. The Labute approximate surface area is 164 Å². The van der Waals surface area contributed by atoms with E-state index in [-0.39, 0.29) is 69.3 Å². The van der Waals surface area contributed by atoms with Crippen LogP contribution in [0.3, 0.4) is 0 Å². The zero-order chi connectivity index (χ0) is 14.8. The molecule has 1 aliphatic rings. The third-order valence-electron chi connectivity index (χ3n) is 3.54. The first-order valence-electron chi connectivity index (χ1n) is 6.59. The van der Waals surface area contributed by atoms with Crippen molar-refractivity contribution in [2.45, 2.75) is 37.9 Å². The molecule has 2 nitrogen and oxygen atoms in total. The van der Waals surface area contributed by atoms with Crippen LogP contribution in [0.5, 0.6) is 5.75 Å². The van der Waals surface area contributed by atoms with Crippen LogP contribution in [-0.2, 0) is 4.74 Å². The average molecular weight is 330 g/mol. The maximum absolute atomic E-state index is 13.4. The number of benzene rings is 1. The summed E-state index contributed by atoms with van der Waals surface area (Å²) in [5.74, 6) is -1.15. The van der Waals surface area contributed by atoms with E-state index < -0.39 is 18.3 Å². The Morgan fingerprint density at radius 1 is 1.14 bits per heavy atom. The van der Waals surface area contributed by atoms with Crippen LogP contribution in [-0.4, -0.2) is 26.3 Å². The first kappa shape index (κ1) is 19.4. The van der Waals surface area contributed by atoms with Gasteiger partial charge in [-0.15, -0.1) is 0 Å². The van der Waals surface area contributed by atoms with Crippen molar-refractivity contribution in [1.29, 1.82) is 0 Å². The van der Waals surface area contributed by atoms with Crippen molar-refractivity contribution in [3.8, 4) is 5.75 Å². The second kappa shape index (κ2) is 8.31. The fraction of sp³-hybridized carbons (Fsp3) is 0.538. The van der Waals surface area contributed by atoms with Crippen molar-refractivity contribution in [2.24, 2.45) is 0 Å². The summed E-state index contributed by atoms with van der Waals surface area (Å²) < 4.78 is 61.7. The standard InChI is InChI=1S/C13H16BF4O2.K/c1-19-9-3-2-4-10(7-9)20-11-5-6-12(13(15)8-11)14(16,17)18;/h5-6,8-10H,2-4,7H2,1H3;/q-1;+1. The molecule has 0 aliphatic heterocycles. The minimum absolute atomic E-state index is 0. The predicted molar refractivity (Wildman–Crippen MR) is 68.8 cm³/mol. The van der Waals surface area contributed by atoms with Gasteiger partial charge in [-0.2, -0.15) is 0 Å². The molecule has 2 unspecified atom stereocenters. The normalized spacial score (nSPS) is 22.5. The Bertz CT molecular complexity index is 470. The molecular weight excluding hydrogens is 314 g/mol. The second-order valence-corrected chi connectivity index (χ2v) is 5.02. The third kappa shape index (κ3) is 5.51. The van der Waals surface area contributed by atoms with Crippen LogP contribution in [0.15, 0.2) is 18.2 Å². The molecule has 1 saturated carbocycles. The van der Waals surface area contributed by atoms with Gasteiger partial charge in [-0.3, -0.25) is 0 Å². The zero-order valence-electron chi connectivity index (χ0n) is 12.1. The molecule has 112 valence electrons. The smallest absolute Gasteiger partial charge is 0.490 e. The molecule has 0 saturated heterocycles. The van der Waals surface area contributed by atoms with Gasteiger partial charge in [-0.25, -0.2) is 4.39 Å². The Kier molecular flexibility index (Phi) is 7.69. The van der Waals surface area contributed by atoms with E-state index in [1.165, 1.54) is 6.07 Å². The van der Waals surface area contributed by atoms with E-state index >= 15 is 0 Å². The van der Waals surface area contributed by atoms with Crippen LogP contribution in [0.4, 0.5) is 17.3 Å².